The fraction of sp³-hybridized carbons (Fsp3) is 0.0364. The highest BCUT2D eigenvalue weighted by Gasteiger charge is 2.41. The van der Waals surface area contributed by atoms with Crippen LogP contribution in [0, 0.1) is 0 Å². The number of para-hydroxylation sites is 3. The summed E-state index contributed by atoms with van der Waals surface area (Å²) in [6, 6.07) is 68.1. The molecule has 59 heavy (non-hydrogen) atoms. The molecule has 2 aliphatic heterocycles. The molecule has 3 nitrogen and oxygen atoms in total. The summed E-state index contributed by atoms with van der Waals surface area (Å²) in [6.07, 6.45) is 2.75. The van der Waals surface area contributed by atoms with Gasteiger partial charge < -0.3 is 0 Å². The van der Waals surface area contributed by atoms with E-state index in [9.17, 15) is 0 Å². The largest absolute Gasteiger partial charge is 0.296 e. The molecular formula is C55H34BN3. The van der Waals surface area contributed by atoms with Crippen molar-refractivity contribution in [2.75, 3.05) is 0 Å². The first-order valence-corrected chi connectivity index (χ1v) is 20.7. The Hall–Kier alpha value is -7.43. The molecule has 8 aromatic carbocycles. The van der Waals surface area contributed by atoms with Crippen LogP contribution in [-0.4, -0.2) is 20.8 Å². The molecule has 3 aromatic heterocycles. The molecule has 4 heteroatoms. The molecule has 11 aromatic rings. The summed E-state index contributed by atoms with van der Waals surface area (Å²) in [5.41, 5.74) is 22.1. The van der Waals surface area contributed by atoms with Crippen molar-refractivity contribution in [3.63, 3.8) is 0 Å². The fourth-order valence-corrected chi connectivity index (χ4v) is 11.5. The van der Waals surface area contributed by atoms with Crippen molar-refractivity contribution in [2.45, 2.75) is 12.3 Å². The summed E-state index contributed by atoms with van der Waals surface area (Å²) in [7, 11) is 0. The zero-order valence-electron chi connectivity index (χ0n) is 32.1. The summed E-state index contributed by atoms with van der Waals surface area (Å²) in [4.78, 5) is 4.95. The van der Waals surface area contributed by atoms with E-state index in [1.807, 2.05) is 12.3 Å². The number of benzene rings is 8. The Bertz CT molecular complexity index is 3580. The lowest BCUT2D eigenvalue weighted by molar-refractivity contribution is 1.01. The Balaban J connectivity index is 1.15. The zero-order chi connectivity index (χ0) is 38.3. The molecule has 0 fully saturated rings. The van der Waals surface area contributed by atoms with Crippen LogP contribution in [0.2, 0.25) is 0 Å². The van der Waals surface area contributed by atoms with Crippen molar-refractivity contribution in [3.05, 3.63) is 216 Å². The third kappa shape index (κ3) is 4.10. The first-order valence-electron chi connectivity index (χ1n) is 20.7. The average Bonchev–Trinajstić information content (AvgIpc) is 3.90. The van der Waals surface area contributed by atoms with Gasteiger partial charge in [-0.2, -0.15) is 0 Å². The Labute approximate surface area is 341 Å². The molecule has 5 heterocycles. The molecule has 0 amide bonds. The van der Waals surface area contributed by atoms with Crippen molar-refractivity contribution in [2.24, 2.45) is 0 Å². The molecule has 1 atom stereocenters. The summed E-state index contributed by atoms with van der Waals surface area (Å²) < 4.78 is 5.11. The number of aromatic nitrogens is 3. The minimum absolute atomic E-state index is 0.0500. The summed E-state index contributed by atoms with van der Waals surface area (Å²) in [5.74, 6) is 0.180. The number of pyridine rings is 1. The normalized spacial score (nSPS) is 14.5. The SMILES string of the molecule is c1ccc(C2c3ccccc3-c3c2cc2c4c(cccc34)B3c4c(cc(-c5ccccn5)cc4-n4c5c3cccc5c3c5ccccc5n(-c5ccccc5)c34)C2)cc1. The maximum absolute atomic E-state index is 4.95. The van der Waals surface area contributed by atoms with Gasteiger partial charge in [-0.05, 0) is 110 Å². The molecule has 1 aliphatic carbocycles. The van der Waals surface area contributed by atoms with Crippen molar-refractivity contribution in [3.8, 4) is 33.8 Å². The molecule has 1 unspecified atom stereocenters. The van der Waals surface area contributed by atoms with Crippen LogP contribution in [0.25, 0.3) is 77.4 Å². The van der Waals surface area contributed by atoms with E-state index in [4.69, 9.17) is 4.98 Å². The molecule has 0 spiro atoms. The number of fused-ring (bicyclic) bond motifs is 12. The second-order valence-electron chi connectivity index (χ2n) is 16.6. The molecule has 3 aliphatic rings. The van der Waals surface area contributed by atoms with E-state index < -0.39 is 0 Å². The first kappa shape index (κ1) is 31.6. The van der Waals surface area contributed by atoms with Crippen molar-refractivity contribution in [1.82, 2.24) is 14.1 Å². The number of hydrogen-bond donors (Lipinski definition) is 0. The van der Waals surface area contributed by atoms with Gasteiger partial charge in [0.1, 0.15) is 5.65 Å². The van der Waals surface area contributed by atoms with E-state index in [1.54, 1.807) is 0 Å². The molecular weight excluding hydrogens is 713 g/mol. The molecule has 14 rings (SSSR count). The van der Waals surface area contributed by atoms with E-state index in [2.05, 4.69) is 185 Å². The van der Waals surface area contributed by atoms with Gasteiger partial charge in [-0.1, -0.05) is 145 Å². The molecule has 0 saturated heterocycles. The molecule has 272 valence electrons. The van der Waals surface area contributed by atoms with Gasteiger partial charge in [-0.3, -0.25) is 14.1 Å². The second-order valence-corrected chi connectivity index (χ2v) is 16.6. The Kier molecular flexibility index (Phi) is 6.21. The van der Waals surface area contributed by atoms with Gasteiger partial charge in [0.05, 0.1) is 16.7 Å². The van der Waals surface area contributed by atoms with Gasteiger partial charge in [0.2, 0.25) is 6.71 Å². The minimum Gasteiger partial charge on any atom is -0.296 e. The summed E-state index contributed by atoms with van der Waals surface area (Å²) in [5, 5.41) is 6.64. The smallest absolute Gasteiger partial charge is 0.247 e. The highest BCUT2D eigenvalue weighted by Crippen LogP contribution is 2.52. The van der Waals surface area contributed by atoms with Crippen LogP contribution in [0.3, 0.4) is 0 Å². The third-order valence-corrected chi connectivity index (χ3v) is 13.7. The molecule has 0 bridgehead atoms. The number of rotatable bonds is 3. The van der Waals surface area contributed by atoms with Crippen LogP contribution in [0.5, 0.6) is 0 Å². The Morgan fingerprint density at radius 3 is 2.15 bits per heavy atom. The second kappa shape index (κ2) is 11.6. The van der Waals surface area contributed by atoms with E-state index in [0.717, 1.165) is 23.4 Å². The lowest BCUT2D eigenvalue weighted by Gasteiger charge is -2.29. The van der Waals surface area contributed by atoms with Crippen molar-refractivity contribution >= 4 is 66.7 Å². The quantitative estimate of drug-likeness (QED) is 0.165. The Morgan fingerprint density at radius 2 is 1.29 bits per heavy atom. The number of hydrogen-bond acceptors (Lipinski definition) is 1. The maximum Gasteiger partial charge on any atom is 0.247 e. The van der Waals surface area contributed by atoms with Crippen molar-refractivity contribution in [1.29, 1.82) is 0 Å². The van der Waals surface area contributed by atoms with E-state index in [0.29, 0.717) is 0 Å². The monoisotopic (exact) mass is 747 g/mol. The van der Waals surface area contributed by atoms with Gasteiger partial charge >= 0.3 is 0 Å². The number of nitrogens with zero attached hydrogens (tertiary/aromatic N) is 3. The summed E-state index contributed by atoms with van der Waals surface area (Å²) >= 11 is 0. The van der Waals surface area contributed by atoms with Crippen LogP contribution in [0.1, 0.15) is 33.7 Å². The maximum atomic E-state index is 4.95. The highest BCUT2D eigenvalue weighted by molar-refractivity contribution is 6.99. The van der Waals surface area contributed by atoms with Crippen LogP contribution in [0.15, 0.2) is 188 Å². The third-order valence-electron chi connectivity index (χ3n) is 13.7. The van der Waals surface area contributed by atoms with Gasteiger partial charge in [-0.25, -0.2) is 0 Å². The van der Waals surface area contributed by atoms with Gasteiger partial charge in [-0.15, -0.1) is 0 Å². The zero-order valence-corrected chi connectivity index (χ0v) is 32.1. The predicted molar refractivity (Wildman–Crippen MR) is 245 cm³/mol. The molecule has 0 radical (unpaired) electrons. The standard InChI is InChI=1S/C55H34BN3/c1-3-15-33(16-4-1)49-38-19-7-8-20-39(38)51-41-22-13-24-44-50(41)35(31-43(49)51)30-36-29-34(46-26-11-12-28-57-46)32-48-53(36)56(44)45-25-14-23-42-52-40-21-9-10-27-47(40)58(37-17-5-2-6-18-37)55(52)59(48)54(42)45/h1-29,31-32,49H,30H2. The summed E-state index contributed by atoms with van der Waals surface area (Å²) in [6.45, 7) is 0.0500. The van der Waals surface area contributed by atoms with Gasteiger partial charge in [0, 0.05) is 45.2 Å². The topological polar surface area (TPSA) is 22.8 Å². The van der Waals surface area contributed by atoms with Crippen LogP contribution in [0.4, 0.5) is 0 Å². The van der Waals surface area contributed by atoms with E-state index in [-0.39, 0.29) is 12.6 Å². The first-order chi connectivity index (χ1) is 29.3. The lowest BCUT2D eigenvalue weighted by Crippen LogP contribution is -2.56. The van der Waals surface area contributed by atoms with Crippen LogP contribution in [-0.2, 0) is 6.42 Å². The molecule has 0 saturated carbocycles. The van der Waals surface area contributed by atoms with Crippen LogP contribution >= 0.6 is 0 Å². The van der Waals surface area contributed by atoms with Gasteiger partial charge in [0.25, 0.3) is 0 Å². The Morgan fingerprint density at radius 1 is 0.542 bits per heavy atom. The van der Waals surface area contributed by atoms with E-state index >= 15 is 0 Å². The average molecular weight is 748 g/mol. The van der Waals surface area contributed by atoms with Crippen molar-refractivity contribution < 1.29 is 0 Å². The lowest BCUT2D eigenvalue weighted by atomic mass is 9.34. The van der Waals surface area contributed by atoms with E-state index in [1.165, 1.54) is 105 Å². The highest BCUT2D eigenvalue weighted by atomic mass is 15.1. The predicted octanol–water partition coefficient (Wildman–Crippen LogP) is 10.8. The molecule has 0 N–H and O–H groups in total. The van der Waals surface area contributed by atoms with Gasteiger partial charge in [0.15, 0.2) is 0 Å². The van der Waals surface area contributed by atoms with Crippen LogP contribution < -0.4 is 16.4 Å². The minimum atomic E-state index is 0.0500. The fourth-order valence-electron chi connectivity index (χ4n) is 11.5.